The van der Waals surface area contributed by atoms with Gasteiger partial charge in [0.05, 0.1) is 21.4 Å². The average molecular weight is 312 g/mol. The summed E-state index contributed by atoms with van der Waals surface area (Å²) in [7, 11) is 0. The molecule has 5 aromatic rings. The lowest BCUT2D eigenvalue weighted by Gasteiger charge is -1.99. The lowest BCUT2D eigenvalue weighted by Crippen LogP contribution is -1.84. The van der Waals surface area contributed by atoms with Gasteiger partial charge in [-0.25, -0.2) is 9.97 Å². The number of aromatic nitrogens is 2. The van der Waals surface area contributed by atoms with Crippen LogP contribution in [0.1, 0.15) is 0 Å². The minimum absolute atomic E-state index is 0.939. The summed E-state index contributed by atoms with van der Waals surface area (Å²) < 4.78 is 1.20. The van der Waals surface area contributed by atoms with E-state index in [-0.39, 0.29) is 0 Å². The minimum Gasteiger partial charge on any atom is -0.245 e. The number of nitrogens with zero attached hydrogens (tertiary/aromatic N) is 2. The highest BCUT2D eigenvalue weighted by Gasteiger charge is 2.10. The number of thiazole rings is 1. The van der Waals surface area contributed by atoms with Crippen LogP contribution in [0.15, 0.2) is 72.8 Å². The molecule has 2 aromatic heterocycles. The Morgan fingerprint density at radius 1 is 0.652 bits per heavy atom. The van der Waals surface area contributed by atoms with Gasteiger partial charge in [0.2, 0.25) is 0 Å². The maximum atomic E-state index is 4.87. The largest absolute Gasteiger partial charge is 0.245 e. The highest BCUT2D eigenvalue weighted by molar-refractivity contribution is 7.21. The Kier molecular flexibility index (Phi) is 2.69. The van der Waals surface area contributed by atoms with E-state index in [2.05, 4.69) is 54.6 Å². The highest BCUT2D eigenvalue weighted by Crippen LogP contribution is 2.33. The van der Waals surface area contributed by atoms with Crippen molar-refractivity contribution in [1.29, 1.82) is 0 Å². The molecule has 0 aliphatic heterocycles. The highest BCUT2D eigenvalue weighted by atomic mass is 32.1. The molecule has 0 aliphatic rings. The van der Waals surface area contributed by atoms with Crippen LogP contribution in [0.3, 0.4) is 0 Å². The van der Waals surface area contributed by atoms with Crippen LogP contribution in [-0.4, -0.2) is 9.97 Å². The third-order valence-electron chi connectivity index (χ3n) is 4.10. The number of hydrogen-bond donors (Lipinski definition) is 0. The van der Waals surface area contributed by atoms with Gasteiger partial charge in [0.15, 0.2) is 0 Å². The van der Waals surface area contributed by atoms with Gasteiger partial charge in [0, 0.05) is 10.8 Å². The average Bonchev–Trinajstić information content (AvgIpc) is 3.06. The zero-order chi connectivity index (χ0) is 15.2. The molecule has 0 unspecified atom stereocenters. The second-order valence-electron chi connectivity index (χ2n) is 5.54. The second-order valence-corrected chi connectivity index (χ2v) is 6.57. The third kappa shape index (κ3) is 2.01. The molecular formula is C20H12N2S. The zero-order valence-electron chi connectivity index (χ0n) is 12.2. The predicted molar refractivity (Wildman–Crippen MR) is 97.9 cm³/mol. The molecular weight excluding hydrogens is 300 g/mol. The Morgan fingerprint density at radius 2 is 1.43 bits per heavy atom. The zero-order valence-corrected chi connectivity index (χ0v) is 13.0. The first-order valence-electron chi connectivity index (χ1n) is 7.53. The molecule has 0 atom stereocenters. The van der Waals surface area contributed by atoms with E-state index in [1.165, 1.54) is 15.5 Å². The van der Waals surface area contributed by atoms with Gasteiger partial charge in [-0.3, -0.25) is 0 Å². The van der Waals surface area contributed by atoms with Crippen LogP contribution in [0.5, 0.6) is 0 Å². The Morgan fingerprint density at radius 3 is 2.39 bits per heavy atom. The topological polar surface area (TPSA) is 25.8 Å². The van der Waals surface area contributed by atoms with E-state index in [4.69, 9.17) is 9.97 Å². The first-order valence-corrected chi connectivity index (χ1v) is 8.35. The number of para-hydroxylation sites is 1. The minimum atomic E-state index is 0.939. The molecule has 0 aliphatic carbocycles. The van der Waals surface area contributed by atoms with Gasteiger partial charge in [-0.15, -0.1) is 11.3 Å². The summed E-state index contributed by atoms with van der Waals surface area (Å²) in [6.07, 6.45) is 0. The lowest BCUT2D eigenvalue weighted by atomic mass is 10.1. The van der Waals surface area contributed by atoms with Crippen molar-refractivity contribution < 1.29 is 0 Å². The molecule has 0 fully saturated rings. The lowest BCUT2D eigenvalue weighted by molar-refractivity contribution is 1.37. The van der Waals surface area contributed by atoms with E-state index >= 15 is 0 Å². The van der Waals surface area contributed by atoms with Crippen LogP contribution in [0.4, 0.5) is 0 Å². The molecule has 2 nitrogen and oxygen atoms in total. The monoisotopic (exact) mass is 312 g/mol. The SMILES string of the molecule is c1ccc2nc(-c3nc4c(ccc5ccccc54)s3)ccc2c1. The van der Waals surface area contributed by atoms with Crippen molar-refractivity contribution >= 4 is 43.2 Å². The molecule has 0 saturated heterocycles. The molecule has 0 spiro atoms. The van der Waals surface area contributed by atoms with E-state index in [1.54, 1.807) is 11.3 Å². The molecule has 0 bridgehead atoms. The molecule has 0 N–H and O–H groups in total. The van der Waals surface area contributed by atoms with Gasteiger partial charge in [-0.05, 0) is 23.6 Å². The maximum Gasteiger partial charge on any atom is 0.143 e. The molecule has 3 heteroatoms. The number of fused-ring (bicyclic) bond motifs is 4. The molecule has 23 heavy (non-hydrogen) atoms. The van der Waals surface area contributed by atoms with Crippen molar-refractivity contribution in [2.45, 2.75) is 0 Å². The first-order chi connectivity index (χ1) is 11.4. The van der Waals surface area contributed by atoms with Gasteiger partial charge in [0.25, 0.3) is 0 Å². The van der Waals surface area contributed by atoms with E-state index in [1.807, 2.05) is 18.2 Å². The van der Waals surface area contributed by atoms with Gasteiger partial charge in [-0.1, -0.05) is 54.6 Å². The van der Waals surface area contributed by atoms with Crippen molar-refractivity contribution in [1.82, 2.24) is 9.97 Å². The molecule has 2 heterocycles. The van der Waals surface area contributed by atoms with E-state index in [0.29, 0.717) is 0 Å². The number of pyridine rings is 1. The summed E-state index contributed by atoms with van der Waals surface area (Å²) in [5.74, 6) is 0. The molecule has 5 rings (SSSR count). The number of hydrogen-bond acceptors (Lipinski definition) is 3. The summed E-state index contributed by atoms with van der Waals surface area (Å²) >= 11 is 1.70. The van der Waals surface area contributed by atoms with Crippen molar-refractivity contribution in [3.8, 4) is 10.7 Å². The van der Waals surface area contributed by atoms with E-state index < -0.39 is 0 Å². The summed E-state index contributed by atoms with van der Waals surface area (Å²) in [4.78, 5) is 9.64. The Balaban J connectivity index is 1.76. The van der Waals surface area contributed by atoms with Crippen LogP contribution in [0.2, 0.25) is 0 Å². The van der Waals surface area contributed by atoms with E-state index in [9.17, 15) is 0 Å². The number of rotatable bonds is 1. The fraction of sp³-hybridized carbons (Fsp3) is 0. The standard InChI is InChI=1S/C20H12N2S/c1-3-7-15-13(5-1)10-12-18-19(15)22-20(23-18)17-11-9-14-6-2-4-8-16(14)21-17/h1-12H. The van der Waals surface area contributed by atoms with Crippen LogP contribution in [0, 0.1) is 0 Å². The summed E-state index contributed by atoms with van der Waals surface area (Å²) in [6.45, 7) is 0. The van der Waals surface area contributed by atoms with Crippen molar-refractivity contribution in [2.24, 2.45) is 0 Å². The van der Waals surface area contributed by atoms with Gasteiger partial charge < -0.3 is 0 Å². The van der Waals surface area contributed by atoms with Gasteiger partial charge in [-0.2, -0.15) is 0 Å². The molecule has 108 valence electrons. The molecule has 3 aromatic carbocycles. The number of benzene rings is 3. The second kappa shape index (κ2) is 4.86. The van der Waals surface area contributed by atoms with Crippen molar-refractivity contribution in [3.63, 3.8) is 0 Å². The molecule has 0 radical (unpaired) electrons. The quantitative estimate of drug-likeness (QED) is 0.399. The first kappa shape index (κ1) is 12.7. The van der Waals surface area contributed by atoms with Crippen LogP contribution in [-0.2, 0) is 0 Å². The summed E-state index contributed by atoms with van der Waals surface area (Å²) in [5, 5.41) is 4.56. The molecule has 0 saturated carbocycles. The van der Waals surface area contributed by atoms with Crippen molar-refractivity contribution in [2.75, 3.05) is 0 Å². The third-order valence-corrected chi connectivity index (χ3v) is 5.14. The van der Waals surface area contributed by atoms with Crippen molar-refractivity contribution in [3.05, 3.63) is 72.8 Å². The maximum absolute atomic E-state index is 4.87. The smallest absolute Gasteiger partial charge is 0.143 e. The Hall–Kier alpha value is -2.78. The Bertz CT molecular complexity index is 1170. The van der Waals surface area contributed by atoms with Gasteiger partial charge in [0.1, 0.15) is 5.01 Å². The molecule has 0 amide bonds. The summed E-state index contributed by atoms with van der Waals surface area (Å²) in [5.41, 5.74) is 3.01. The predicted octanol–water partition coefficient (Wildman–Crippen LogP) is 5.66. The van der Waals surface area contributed by atoms with Crippen LogP contribution in [0.25, 0.3) is 42.6 Å². The summed E-state index contributed by atoms with van der Waals surface area (Å²) in [6, 6.07) is 25.0. The fourth-order valence-electron chi connectivity index (χ4n) is 2.96. The van der Waals surface area contributed by atoms with Crippen LogP contribution < -0.4 is 0 Å². The van der Waals surface area contributed by atoms with Gasteiger partial charge >= 0.3 is 0 Å². The Labute approximate surface area is 137 Å². The van der Waals surface area contributed by atoms with Crippen LogP contribution >= 0.6 is 11.3 Å². The normalized spacial score (nSPS) is 11.5. The fourth-order valence-corrected chi connectivity index (χ4v) is 3.91. The van der Waals surface area contributed by atoms with E-state index in [0.717, 1.165) is 27.1 Å².